The normalized spacial score (nSPS) is 12.9. The third-order valence-electron chi connectivity index (χ3n) is 1.79. The van der Waals surface area contributed by atoms with Crippen LogP contribution in [0.2, 0.25) is 0 Å². The number of pyridine rings is 1. The van der Waals surface area contributed by atoms with Crippen LogP contribution in [0, 0.1) is 0 Å². The van der Waals surface area contributed by atoms with Gasteiger partial charge in [0.2, 0.25) is 0 Å². The molecule has 1 rings (SSSR count). The van der Waals surface area contributed by atoms with Crippen molar-refractivity contribution in [2.45, 2.75) is 25.9 Å². The number of aliphatic hydroxyl groups excluding tert-OH is 1. The molecule has 1 heterocycles. The van der Waals surface area contributed by atoms with Crippen LogP contribution in [0.5, 0.6) is 0 Å². The highest BCUT2D eigenvalue weighted by atomic mass is 79.9. The Morgan fingerprint density at radius 2 is 1.92 bits per heavy atom. The predicted molar refractivity (Wildman–Crippen MR) is 59.5 cm³/mol. The zero-order chi connectivity index (χ0) is 9.84. The van der Waals surface area contributed by atoms with E-state index in [9.17, 15) is 5.11 Å². The van der Waals surface area contributed by atoms with Crippen LogP contribution in [0.1, 0.15) is 31.4 Å². The third kappa shape index (κ3) is 2.76. The SMILES string of the molecule is CCCC(O)c1c(Br)cncc1Br. The molecule has 1 atom stereocenters. The summed E-state index contributed by atoms with van der Waals surface area (Å²) in [6.07, 6.45) is 4.69. The summed E-state index contributed by atoms with van der Waals surface area (Å²) >= 11 is 6.73. The summed E-state index contributed by atoms with van der Waals surface area (Å²) in [6.45, 7) is 2.05. The van der Waals surface area contributed by atoms with Crippen molar-refractivity contribution in [3.8, 4) is 0 Å². The van der Waals surface area contributed by atoms with Crippen LogP contribution in [0.15, 0.2) is 21.3 Å². The summed E-state index contributed by atoms with van der Waals surface area (Å²) < 4.78 is 1.70. The van der Waals surface area contributed by atoms with Crippen LogP contribution >= 0.6 is 31.9 Å². The Kier molecular flexibility index (Phi) is 4.35. The molecule has 1 unspecified atom stereocenters. The van der Waals surface area contributed by atoms with E-state index in [4.69, 9.17) is 0 Å². The van der Waals surface area contributed by atoms with Crippen LogP contribution in [0.3, 0.4) is 0 Å². The summed E-state index contributed by atoms with van der Waals surface area (Å²) in [6, 6.07) is 0. The van der Waals surface area contributed by atoms with Crippen LogP contribution in [-0.2, 0) is 0 Å². The summed E-state index contributed by atoms with van der Waals surface area (Å²) in [5, 5.41) is 9.79. The molecule has 1 aromatic rings. The summed E-state index contributed by atoms with van der Waals surface area (Å²) in [4.78, 5) is 3.98. The van der Waals surface area contributed by atoms with Gasteiger partial charge in [-0.25, -0.2) is 0 Å². The van der Waals surface area contributed by atoms with Gasteiger partial charge in [-0.1, -0.05) is 13.3 Å². The largest absolute Gasteiger partial charge is 0.388 e. The van der Waals surface area contributed by atoms with Gasteiger partial charge < -0.3 is 5.11 Å². The predicted octanol–water partition coefficient (Wildman–Crippen LogP) is 3.44. The van der Waals surface area contributed by atoms with Crippen molar-refractivity contribution in [2.75, 3.05) is 0 Å². The van der Waals surface area contributed by atoms with Gasteiger partial charge in [0.05, 0.1) is 6.10 Å². The minimum absolute atomic E-state index is 0.420. The number of nitrogens with zero attached hydrogens (tertiary/aromatic N) is 1. The van der Waals surface area contributed by atoms with E-state index in [1.807, 2.05) is 6.92 Å². The van der Waals surface area contributed by atoms with E-state index in [2.05, 4.69) is 36.8 Å². The summed E-state index contributed by atoms with van der Waals surface area (Å²) in [5.74, 6) is 0. The van der Waals surface area contributed by atoms with E-state index >= 15 is 0 Å². The average molecular weight is 309 g/mol. The molecule has 1 N–H and O–H groups in total. The molecule has 0 bridgehead atoms. The first-order valence-corrected chi connectivity index (χ1v) is 5.72. The van der Waals surface area contributed by atoms with Crippen LogP contribution in [0.25, 0.3) is 0 Å². The molecule has 1 aromatic heterocycles. The molecule has 0 saturated heterocycles. The molecule has 4 heteroatoms. The molecule has 0 aliphatic carbocycles. The molecule has 72 valence electrons. The van der Waals surface area contributed by atoms with Crippen molar-refractivity contribution in [3.63, 3.8) is 0 Å². The Morgan fingerprint density at radius 1 is 1.38 bits per heavy atom. The maximum absolute atomic E-state index is 9.79. The highest BCUT2D eigenvalue weighted by molar-refractivity contribution is 9.11. The second-order valence-electron chi connectivity index (χ2n) is 2.82. The minimum atomic E-state index is -0.420. The van der Waals surface area contributed by atoms with E-state index < -0.39 is 6.10 Å². The number of hydrogen-bond donors (Lipinski definition) is 1. The molecule has 0 fully saturated rings. The zero-order valence-electron chi connectivity index (χ0n) is 7.30. The van der Waals surface area contributed by atoms with E-state index in [1.54, 1.807) is 12.4 Å². The molecule has 2 nitrogen and oxygen atoms in total. The lowest BCUT2D eigenvalue weighted by Crippen LogP contribution is -1.99. The van der Waals surface area contributed by atoms with Crippen LogP contribution in [-0.4, -0.2) is 10.1 Å². The Balaban J connectivity index is 2.98. The van der Waals surface area contributed by atoms with Gasteiger partial charge in [-0.3, -0.25) is 4.98 Å². The molecule has 0 aliphatic heterocycles. The van der Waals surface area contributed by atoms with Gasteiger partial charge in [-0.15, -0.1) is 0 Å². The van der Waals surface area contributed by atoms with Crippen molar-refractivity contribution in [3.05, 3.63) is 26.9 Å². The summed E-state index contributed by atoms with van der Waals surface area (Å²) in [5.41, 5.74) is 0.886. The van der Waals surface area contributed by atoms with Gasteiger partial charge in [0.25, 0.3) is 0 Å². The number of halogens is 2. The molecule has 0 radical (unpaired) electrons. The van der Waals surface area contributed by atoms with Crippen molar-refractivity contribution >= 4 is 31.9 Å². The van der Waals surface area contributed by atoms with Gasteiger partial charge >= 0.3 is 0 Å². The van der Waals surface area contributed by atoms with Crippen molar-refractivity contribution in [2.24, 2.45) is 0 Å². The lowest BCUT2D eigenvalue weighted by atomic mass is 10.1. The smallest absolute Gasteiger partial charge is 0.0813 e. The Morgan fingerprint density at radius 3 is 2.38 bits per heavy atom. The molecule has 0 aliphatic rings. The zero-order valence-corrected chi connectivity index (χ0v) is 10.5. The molecule has 0 spiro atoms. The standard InChI is InChI=1S/C9H11Br2NO/c1-2-3-8(13)9-6(10)4-12-5-7(9)11/h4-5,8,13H,2-3H2,1H3. The van der Waals surface area contributed by atoms with Gasteiger partial charge in [-0.2, -0.15) is 0 Å². The molecule has 0 aromatic carbocycles. The van der Waals surface area contributed by atoms with Crippen LogP contribution < -0.4 is 0 Å². The average Bonchev–Trinajstić information content (AvgIpc) is 2.04. The topological polar surface area (TPSA) is 33.1 Å². The van der Waals surface area contributed by atoms with E-state index in [-0.39, 0.29) is 0 Å². The quantitative estimate of drug-likeness (QED) is 0.928. The lowest BCUT2D eigenvalue weighted by molar-refractivity contribution is 0.165. The van der Waals surface area contributed by atoms with E-state index in [0.717, 1.165) is 27.4 Å². The minimum Gasteiger partial charge on any atom is -0.388 e. The van der Waals surface area contributed by atoms with Crippen molar-refractivity contribution < 1.29 is 5.11 Å². The van der Waals surface area contributed by atoms with Gasteiger partial charge in [0, 0.05) is 26.9 Å². The number of hydrogen-bond acceptors (Lipinski definition) is 2. The molecular formula is C9H11Br2NO. The monoisotopic (exact) mass is 307 g/mol. The highest BCUT2D eigenvalue weighted by Crippen LogP contribution is 2.31. The molecule has 0 saturated carbocycles. The molecule has 0 amide bonds. The Labute approximate surface area is 94.6 Å². The molecular weight excluding hydrogens is 298 g/mol. The fraction of sp³-hybridized carbons (Fsp3) is 0.444. The third-order valence-corrected chi connectivity index (χ3v) is 3.05. The fourth-order valence-corrected chi connectivity index (χ4v) is 2.62. The number of aliphatic hydroxyl groups is 1. The first kappa shape index (κ1) is 11.1. The van der Waals surface area contributed by atoms with Gasteiger partial charge in [0.1, 0.15) is 0 Å². The van der Waals surface area contributed by atoms with E-state index in [0.29, 0.717) is 0 Å². The van der Waals surface area contributed by atoms with Crippen molar-refractivity contribution in [1.29, 1.82) is 0 Å². The number of rotatable bonds is 3. The second kappa shape index (κ2) is 5.08. The maximum Gasteiger partial charge on any atom is 0.0813 e. The van der Waals surface area contributed by atoms with Gasteiger partial charge in [0.15, 0.2) is 0 Å². The summed E-state index contributed by atoms with van der Waals surface area (Å²) in [7, 11) is 0. The second-order valence-corrected chi connectivity index (χ2v) is 4.53. The lowest BCUT2D eigenvalue weighted by Gasteiger charge is -2.12. The Bertz CT molecular complexity index is 271. The first-order chi connectivity index (χ1) is 6.16. The first-order valence-electron chi connectivity index (χ1n) is 4.13. The van der Waals surface area contributed by atoms with Crippen molar-refractivity contribution in [1.82, 2.24) is 4.98 Å². The van der Waals surface area contributed by atoms with Crippen LogP contribution in [0.4, 0.5) is 0 Å². The van der Waals surface area contributed by atoms with Gasteiger partial charge in [-0.05, 0) is 38.3 Å². The Hall–Kier alpha value is 0.0700. The number of aromatic nitrogens is 1. The molecule has 13 heavy (non-hydrogen) atoms. The highest BCUT2D eigenvalue weighted by Gasteiger charge is 2.13. The maximum atomic E-state index is 9.79. The fourth-order valence-electron chi connectivity index (χ4n) is 1.16. The van der Waals surface area contributed by atoms with E-state index in [1.165, 1.54) is 0 Å².